The van der Waals surface area contributed by atoms with Crippen molar-refractivity contribution in [3.05, 3.63) is 101 Å². The lowest BCUT2D eigenvalue weighted by Gasteiger charge is -2.11. The van der Waals surface area contributed by atoms with Gasteiger partial charge in [-0.1, -0.05) is 74.3 Å². The van der Waals surface area contributed by atoms with Gasteiger partial charge in [-0.05, 0) is 47.5 Å². The summed E-state index contributed by atoms with van der Waals surface area (Å²) < 4.78 is 2.16. The number of rotatable bonds is 4. The minimum atomic E-state index is 0.864. The summed E-state index contributed by atoms with van der Waals surface area (Å²) in [6.07, 6.45) is 1.87. The van der Waals surface area contributed by atoms with Crippen molar-refractivity contribution in [2.45, 2.75) is 6.92 Å². The van der Waals surface area contributed by atoms with E-state index >= 15 is 0 Å². The number of aromatic nitrogens is 3. The summed E-state index contributed by atoms with van der Waals surface area (Å²) >= 11 is 0. The summed E-state index contributed by atoms with van der Waals surface area (Å²) in [6, 6.07) is 25.2. The van der Waals surface area contributed by atoms with Crippen LogP contribution in [-0.2, 0) is 0 Å². The quantitative estimate of drug-likeness (QED) is 0.426. The number of fused-ring (bicyclic) bond motifs is 1. The van der Waals surface area contributed by atoms with Gasteiger partial charge in [0.05, 0.1) is 11.4 Å². The van der Waals surface area contributed by atoms with Crippen molar-refractivity contribution in [2.75, 3.05) is 0 Å². The lowest BCUT2D eigenvalue weighted by Crippen LogP contribution is -2.18. The molecule has 0 amide bonds. The van der Waals surface area contributed by atoms with Crippen molar-refractivity contribution >= 4 is 30.1 Å². The number of para-hydroxylation sites is 1. The number of imidazole rings is 1. The van der Waals surface area contributed by atoms with Crippen LogP contribution in [0.5, 0.6) is 0 Å². The van der Waals surface area contributed by atoms with Crippen molar-refractivity contribution < 1.29 is 0 Å². The molecule has 1 N–H and O–H groups in total. The first-order chi connectivity index (χ1) is 15.1. The molecule has 2 heterocycles. The topological polar surface area (TPSA) is 33.6 Å². The van der Waals surface area contributed by atoms with Crippen molar-refractivity contribution in [2.24, 2.45) is 0 Å². The molecule has 0 radical (unpaired) electrons. The molecule has 0 saturated carbocycles. The third-order valence-corrected chi connectivity index (χ3v) is 5.78. The summed E-state index contributed by atoms with van der Waals surface area (Å²) in [6.45, 7) is 14.1. The van der Waals surface area contributed by atoms with Crippen LogP contribution in [0.2, 0.25) is 0 Å². The van der Waals surface area contributed by atoms with E-state index in [2.05, 4.69) is 83.9 Å². The van der Waals surface area contributed by atoms with Crippen molar-refractivity contribution in [3.8, 4) is 28.2 Å². The first-order valence-electron chi connectivity index (χ1n) is 10.2. The van der Waals surface area contributed by atoms with E-state index in [1.54, 1.807) is 0 Å². The second kappa shape index (κ2) is 7.29. The van der Waals surface area contributed by atoms with Crippen LogP contribution in [-0.4, -0.2) is 14.5 Å². The first kappa shape index (κ1) is 18.9. The van der Waals surface area contributed by atoms with E-state index in [4.69, 9.17) is 4.98 Å². The van der Waals surface area contributed by atoms with E-state index < -0.39 is 0 Å². The maximum Gasteiger partial charge on any atom is 0.145 e. The summed E-state index contributed by atoms with van der Waals surface area (Å²) in [4.78, 5) is 8.18. The largest absolute Gasteiger partial charge is 0.355 e. The molecule has 3 nitrogen and oxygen atoms in total. The normalized spacial score (nSPS) is 11.1. The molecule has 0 aliphatic carbocycles. The molecule has 31 heavy (non-hydrogen) atoms. The van der Waals surface area contributed by atoms with E-state index in [9.17, 15) is 0 Å². The second-order valence-electron chi connectivity index (χ2n) is 7.70. The zero-order valence-corrected chi connectivity index (χ0v) is 17.5. The Hall–Kier alpha value is -4.11. The summed E-state index contributed by atoms with van der Waals surface area (Å²) in [5, 5.41) is 2.93. The Morgan fingerprint density at radius 1 is 0.871 bits per heavy atom. The smallest absolute Gasteiger partial charge is 0.145 e. The minimum Gasteiger partial charge on any atom is -0.355 e. The molecule has 3 aromatic carbocycles. The molecule has 0 spiro atoms. The molecule has 0 aliphatic rings. The highest BCUT2D eigenvalue weighted by molar-refractivity contribution is 5.85. The fourth-order valence-electron chi connectivity index (χ4n) is 4.12. The van der Waals surface area contributed by atoms with Gasteiger partial charge in [0.1, 0.15) is 5.82 Å². The maximum atomic E-state index is 4.86. The molecule has 0 bridgehead atoms. The monoisotopic (exact) mass is 401 g/mol. The Morgan fingerprint density at radius 3 is 2.26 bits per heavy atom. The van der Waals surface area contributed by atoms with Crippen molar-refractivity contribution in [3.63, 3.8) is 0 Å². The Kier molecular flexibility index (Phi) is 4.45. The SMILES string of the molecule is C=Cc1c(C)nc(-c2ccc(-c3ccc4c(=C)c(=C)[nH]c4c3)cc2)n1-c1ccccc1. The van der Waals surface area contributed by atoms with Crippen molar-refractivity contribution in [1.29, 1.82) is 0 Å². The summed E-state index contributed by atoms with van der Waals surface area (Å²) in [7, 11) is 0. The lowest BCUT2D eigenvalue weighted by molar-refractivity contribution is 1.05. The molecule has 0 fully saturated rings. The Bertz CT molecular complexity index is 1520. The van der Waals surface area contributed by atoms with Gasteiger partial charge in [0.15, 0.2) is 0 Å². The van der Waals surface area contributed by atoms with E-state index in [0.29, 0.717) is 0 Å². The number of hydrogen-bond acceptors (Lipinski definition) is 1. The van der Waals surface area contributed by atoms with Crippen LogP contribution in [0.4, 0.5) is 0 Å². The van der Waals surface area contributed by atoms with Gasteiger partial charge in [-0.3, -0.25) is 4.57 Å². The van der Waals surface area contributed by atoms with Crippen LogP contribution in [0, 0.1) is 6.92 Å². The molecule has 150 valence electrons. The Morgan fingerprint density at radius 2 is 1.55 bits per heavy atom. The highest BCUT2D eigenvalue weighted by Gasteiger charge is 2.15. The number of nitrogens with zero attached hydrogens (tertiary/aromatic N) is 2. The standard InChI is InChI=1S/C28H23N3/c1-5-27-20(4)30-28(31(27)24-9-7-6-8-10-24)22-13-11-21(12-14-22)23-15-16-25-18(2)19(3)29-26(25)17-23/h5-17,29H,1-3H2,4H3. The Labute approximate surface area is 181 Å². The zero-order chi connectivity index (χ0) is 21.5. The number of aryl methyl sites for hydroxylation is 1. The van der Waals surface area contributed by atoms with Crippen LogP contribution in [0.15, 0.2) is 79.4 Å². The Balaban J connectivity index is 1.59. The van der Waals surface area contributed by atoms with Gasteiger partial charge in [-0.2, -0.15) is 0 Å². The number of nitrogens with one attached hydrogen (secondary N) is 1. The highest BCUT2D eigenvalue weighted by Crippen LogP contribution is 2.30. The maximum absolute atomic E-state index is 4.86. The zero-order valence-electron chi connectivity index (χ0n) is 17.5. The average molecular weight is 402 g/mol. The average Bonchev–Trinajstić information content (AvgIpc) is 3.29. The molecular formula is C28H23N3. The predicted octanol–water partition coefficient (Wildman–Crippen LogP) is 5.46. The van der Waals surface area contributed by atoms with Crippen LogP contribution < -0.4 is 10.6 Å². The fourth-order valence-corrected chi connectivity index (χ4v) is 4.12. The van der Waals surface area contributed by atoms with E-state index in [0.717, 1.165) is 61.1 Å². The molecule has 5 aromatic rings. The summed E-state index contributed by atoms with van der Waals surface area (Å²) in [5.41, 5.74) is 7.46. The van der Waals surface area contributed by atoms with Crippen LogP contribution in [0.25, 0.3) is 58.3 Å². The predicted molar refractivity (Wildman–Crippen MR) is 131 cm³/mol. The van der Waals surface area contributed by atoms with Crippen LogP contribution in [0.1, 0.15) is 11.4 Å². The molecule has 5 rings (SSSR count). The molecule has 2 aromatic heterocycles. The number of H-pyrrole nitrogens is 1. The van der Waals surface area contributed by atoms with Gasteiger partial charge in [0.25, 0.3) is 0 Å². The van der Waals surface area contributed by atoms with Gasteiger partial charge >= 0.3 is 0 Å². The van der Waals surface area contributed by atoms with E-state index in [-0.39, 0.29) is 0 Å². The van der Waals surface area contributed by atoms with Gasteiger partial charge < -0.3 is 4.98 Å². The fraction of sp³-hybridized carbons (Fsp3) is 0.0357. The molecule has 0 atom stereocenters. The van der Waals surface area contributed by atoms with Crippen molar-refractivity contribution in [1.82, 2.24) is 14.5 Å². The lowest BCUT2D eigenvalue weighted by atomic mass is 10.0. The van der Waals surface area contributed by atoms with Crippen LogP contribution >= 0.6 is 0 Å². The van der Waals surface area contributed by atoms with Gasteiger partial charge in [0, 0.05) is 27.5 Å². The second-order valence-corrected chi connectivity index (χ2v) is 7.70. The van der Waals surface area contributed by atoms with E-state index in [1.807, 2.05) is 31.2 Å². The summed E-state index contributed by atoms with van der Waals surface area (Å²) in [5.74, 6) is 0.911. The third-order valence-electron chi connectivity index (χ3n) is 5.78. The minimum absolute atomic E-state index is 0.864. The van der Waals surface area contributed by atoms with E-state index in [1.165, 1.54) is 0 Å². The van der Waals surface area contributed by atoms with Gasteiger partial charge in [-0.25, -0.2) is 4.98 Å². The number of aromatic amines is 1. The number of hydrogen-bond donors (Lipinski definition) is 1. The third kappa shape index (κ3) is 3.11. The molecule has 0 saturated heterocycles. The highest BCUT2D eigenvalue weighted by atomic mass is 15.1. The molecule has 0 unspecified atom stereocenters. The first-order valence-corrected chi connectivity index (χ1v) is 10.2. The van der Waals surface area contributed by atoms with Gasteiger partial charge in [0.2, 0.25) is 0 Å². The molecular weight excluding hydrogens is 378 g/mol. The molecule has 0 aliphatic heterocycles. The van der Waals surface area contributed by atoms with Crippen LogP contribution in [0.3, 0.4) is 0 Å². The van der Waals surface area contributed by atoms with Gasteiger partial charge in [-0.15, -0.1) is 0 Å². The molecule has 3 heteroatoms. The number of benzene rings is 3.